The van der Waals surface area contributed by atoms with Gasteiger partial charge in [-0.3, -0.25) is 4.79 Å². The van der Waals surface area contributed by atoms with Gasteiger partial charge in [0.1, 0.15) is 5.75 Å². The Morgan fingerprint density at radius 2 is 1.92 bits per heavy atom. The van der Waals surface area contributed by atoms with Gasteiger partial charge in [0.25, 0.3) is 5.91 Å². The summed E-state index contributed by atoms with van der Waals surface area (Å²) in [5.41, 5.74) is 3.87. The van der Waals surface area contributed by atoms with Gasteiger partial charge in [-0.25, -0.2) is 0 Å². The minimum absolute atomic E-state index is 0.112. The Morgan fingerprint density at radius 1 is 1.16 bits per heavy atom. The lowest BCUT2D eigenvalue weighted by Crippen LogP contribution is -2.38. The molecular formula is C20H21N3O2. The van der Waals surface area contributed by atoms with Gasteiger partial charge in [0.15, 0.2) is 0 Å². The summed E-state index contributed by atoms with van der Waals surface area (Å²) in [6, 6.07) is 13.0. The number of H-pyrrole nitrogens is 1. The smallest absolute Gasteiger partial charge is 0.252 e. The van der Waals surface area contributed by atoms with Crippen LogP contribution < -0.4 is 5.32 Å². The number of aromatic hydroxyl groups is 1. The zero-order valence-corrected chi connectivity index (χ0v) is 14.6. The monoisotopic (exact) mass is 335 g/mol. The van der Waals surface area contributed by atoms with Crippen molar-refractivity contribution in [3.05, 3.63) is 64.8 Å². The molecule has 1 amide bonds. The molecule has 128 valence electrons. The average molecular weight is 335 g/mol. The highest BCUT2D eigenvalue weighted by Gasteiger charge is 2.43. The van der Waals surface area contributed by atoms with Crippen molar-refractivity contribution in [3.8, 4) is 5.75 Å². The van der Waals surface area contributed by atoms with Gasteiger partial charge < -0.3 is 20.3 Å². The number of benzene rings is 2. The SMILES string of the molecule is CN(C)Cc1[nH]c2ccccc2c1[C@@]1(C)NC(=O)c2ccc(O)cc21. The molecule has 25 heavy (non-hydrogen) atoms. The van der Waals surface area contributed by atoms with Crippen LogP contribution in [0.15, 0.2) is 42.5 Å². The summed E-state index contributed by atoms with van der Waals surface area (Å²) in [6.45, 7) is 2.73. The number of carbonyl (C=O) groups excluding carboxylic acids is 1. The molecule has 0 unspecified atom stereocenters. The van der Waals surface area contributed by atoms with E-state index in [-0.39, 0.29) is 11.7 Å². The van der Waals surface area contributed by atoms with Gasteiger partial charge in [-0.2, -0.15) is 0 Å². The van der Waals surface area contributed by atoms with Crippen LogP contribution in [0.3, 0.4) is 0 Å². The van der Waals surface area contributed by atoms with E-state index in [2.05, 4.69) is 21.3 Å². The summed E-state index contributed by atoms with van der Waals surface area (Å²) < 4.78 is 0. The second-order valence-electron chi connectivity index (χ2n) is 7.07. The van der Waals surface area contributed by atoms with E-state index in [1.807, 2.05) is 39.2 Å². The molecular weight excluding hydrogens is 314 g/mol. The molecule has 0 saturated heterocycles. The van der Waals surface area contributed by atoms with E-state index in [4.69, 9.17) is 0 Å². The normalized spacial score (nSPS) is 19.4. The Kier molecular flexibility index (Phi) is 3.37. The molecule has 2 heterocycles. The third-order valence-corrected chi connectivity index (χ3v) is 4.91. The zero-order valence-electron chi connectivity index (χ0n) is 14.6. The van der Waals surface area contributed by atoms with Crippen molar-refractivity contribution in [3.63, 3.8) is 0 Å². The van der Waals surface area contributed by atoms with E-state index < -0.39 is 5.54 Å². The van der Waals surface area contributed by atoms with Gasteiger partial charge in [-0.1, -0.05) is 18.2 Å². The van der Waals surface area contributed by atoms with Crippen molar-refractivity contribution in [2.45, 2.75) is 19.0 Å². The van der Waals surface area contributed by atoms with E-state index in [1.165, 1.54) is 0 Å². The number of rotatable bonds is 3. The van der Waals surface area contributed by atoms with Crippen molar-refractivity contribution < 1.29 is 9.90 Å². The van der Waals surface area contributed by atoms with Crippen LogP contribution in [0, 0.1) is 0 Å². The maximum absolute atomic E-state index is 12.5. The predicted octanol–water partition coefficient (Wildman–Crippen LogP) is 2.94. The molecule has 1 aromatic heterocycles. The van der Waals surface area contributed by atoms with Crippen LogP contribution in [0.5, 0.6) is 5.75 Å². The van der Waals surface area contributed by atoms with Crippen LogP contribution in [0.4, 0.5) is 0 Å². The Balaban J connectivity index is 2.02. The summed E-state index contributed by atoms with van der Waals surface area (Å²) in [5, 5.41) is 14.2. The molecule has 5 heteroatoms. The number of para-hydroxylation sites is 1. The van der Waals surface area contributed by atoms with E-state index in [9.17, 15) is 9.90 Å². The van der Waals surface area contributed by atoms with Gasteiger partial charge in [-0.15, -0.1) is 0 Å². The average Bonchev–Trinajstić information content (AvgIpc) is 3.02. The highest BCUT2D eigenvalue weighted by Crippen LogP contribution is 2.43. The first-order valence-electron chi connectivity index (χ1n) is 8.31. The highest BCUT2D eigenvalue weighted by molar-refractivity contribution is 6.02. The Labute approximate surface area is 146 Å². The van der Waals surface area contributed by atoms with Crippen molar-refractivity contribution in [2.75, 3.05) is 14.1 Å². The second kappa shape index (κ2) is 5.36. The minimum atomic E-state index is -0.698. The number of nitrogens with one attached hydrogen (secondary N) is 2. The molecule has 0 saturated carbocycles. The molecule has 5 nitrogen and oxygen atoms in total. The molecule has 1 aliphatic heterocycles. The van der Waals surface area contributed by atoms with E-state index in [0.29, 0.717) is 5.56 Å². The summed E-state index contributed by atoms with van der Waals surface area (Å²) >= 11 is 0. The first-order valence-corrected chi connectivity index (χ1v) is 8.31. The van der Waals surface area contributed by atoms with Crippen molar-refractivity contribution >= 4 is 16.8 Å². The molecule has 3 aromatic rings. The van der Waals surface area contributed by atoms with Crippen LogP contribution in [0.1, 0.15) is 34.1 Å². The molecule has 0 aliphatic carbocycles. The third kappa shape index (κ3) is 2.31. The number of phenols is 1. The molecule has 2 aromatic carbocycles. The fourth-order valence-corrected chi connectivity index (χ4v) is 3.91. The topological polar surface area (TPSA) is 68.4 Å². The summed E-state index contributed by atoms with van der Waals surface area (Å²) in [6.07, 6.45) is 0. The third-order valence-electron chi connectivity index (χ3n) is 4.91. The standard InChI is InChI=1S/C20H21N3O2/c1-20(15-10-12(24)8-9-13(15)19(25)22-20)18-14-6-4-5-7-16(14)21-17(18)11-23(2)3/h4-10,21,24H,11H2,1-3H3,(H,22,25)/t20-/m0/s1. The lowest BCUT2D eigenvalue weighted by molar-refractivity contribution is 0.0945. The minimum Gasteiger partial charge on any atom is -0.508 e. The molecule has 0 bridgehead atoms. The first kappa shape index (κ1) is 15.7. The maximum atomic E-state index is 12.5. The van der Waals surface area contributed by atoms with E-state index in [1.54, 1.807) is 18.2 Å². The fraction of sp³-hybridized carbons (Fsp3) is 0.250. The van der Waals surface area contributed by atoms with Gasteiger partial charge in [0, 0.05) is 34.3 Å². The van der Waals surface area contributed by atoms with Gasteiger partial charge >= 0.3 is 0 Å². The van der Waals surface area contributed by atoms with Crippen LogP contribution in [-0.2, 0) is 12.1 Å². The molecule has 1 atom stereocenters. The van der Waals surface area contributed by atoms with Crippen LogP contribution in [0.2, 0.25) is 0 Å². The molecule has 0 radical (unpaired) electrons. The fourth-order valence-electron chi connectivity index (χ4n) is 3.91. The second-order valence-corrected chi connectivity index (χ2v) is 7.07. The zero-order chi connectivity index (χ0) is 17.8. The van der Waals surface area contributed by atoms with Crippen LogP contribution >= 0.6 is 0 Å². The van der Waals surface area contributed by atoms with Crippen molar-refractivity contribution in [1.82, 2.24) is 15.2 Å². The first-order chi connectivity index (χ1) is 11.9. The lowest BCUT2D eigenvalue weighted by Gasteiger charge is -2.28. The summed E-state index contributed by atoms with van der Waals surface area (Å²) in [5.74, 6) is 0.0501. The molecule has 0 fully saturated rings. The van der Waals surface area contributed by atoms with Crippen molar-refractivity contribution in [1.29, 1.82) is 0 Å². The number of hydrogen-bond donors (Lipinski definition) is 3. The van der Waals surface area contributed by atoms with Crippen LogP contribution in [0.25, 0.3) is 10.9 Å². The number of nitrogens with zero attached hydrogens (tertiary/aromatic N) is 1. The number of aromatic amines is 1. The highest BCUT2D eigenvalue weighted by atomic mass is 16.3. The molecule has 1 aliphatic rings. The Bertz CT molecular complexity index is 990. The van der Waals surface area contributed by atoms with Crippen LogP contribution in [-0.4, -0.2) is 35.0 Å². The lowest BCUT2D eigenvalue weighted by atomic mass is 9.83. The Morgan fingerprint density at radius 3 is 2.68 bits per heavy atom. The largest absolute Gasteiger partial charge is 0.508 e. The molecule has 4 rings (SSSR count). The number of amides is 1. The molecule has 3 N–H and O–H groups in total. The summed E-state index contributed by atoms with van der Waals surface area (Å²) in [4.78, 5) is 18.1. The van der Waals surface area contributed by atoms with E-state index >= 15 is 0 Å². The quantitative estimate of drug-likeness (QED) is 0.689. The number of aromatic nitrogens is 1. The number of phenolic OH excluding ortho intramolecular Hbond substituents is 1. The number of fused-ring (bicyclic) bond motifs is 2. The van der Waals surface area contributed by atoms with Gasteiger partial charge in [0.05, 0.1) is 5.54 Å². The summed E-state index contributed by atoms with van der Waals surface area (Å²) in [7, 11) is 4.04. The predicted molar refractivity (Wildman–Crippen MR) is 97.7 cm³/mol. The number of carbonyl (C=O) groups is 1. The molecule has 0 spiro atoms. The van der Waals surface area contributed by atoms with Gasteiger partial charge in [-0.05, 0) is 50.8 Å². The maximum Gasteiger partial charge on any atom is 0.252 e. The van der Waals surface area contributed by atoms with Gasteiger partial charge in [0.2, 0.25) is 0 Å². The number of hydrogen-bond acceptors (Lipinski definition) is 3. The van der Waals surface area contributed by atoms with E-state index in [0.717, 1.165) is 34.3 Å². The Hall–Kier alpha value is -2.79. The van der Waals surface area contributed by atoms with Crippen molar-refractivity contribution in [2.24, 2.45) is 0 Å².